The van der Waals surface area contributed by atoms with Crippen molar-refractivity contribution in [2.75, 3.05) is 5.32 Å². The molecule has 20 heavy (non-hydrogen) atoms. The van der Waals surface area contributed by atoms with Crippen LogP contribution in [0.15, 0.2) is 0 Å². The Labute approximate surface area is 121 Å². The van der Waals surface area contributed by atoms with E-state index in [2.05, 4.69) is 9.69 Å². The third-order valence-corrected chi connectivity index (χ3v) is 3.82. The molecule has 1 aliphatic carbocycles. The van der Waals surface area contributed by atoms with Gasteiger partial charge in [0.15, 0.2) is 0 Å². The summed E-state index contributed by atoms with van der Waals surface area (Å²) >= 11 is 0.994. The predicted molar refractivity (Wildman–Crippen MR) is 75.5 cm³/mol. The fraction of sp³-hybridized carbons (Fsp3) is 0.615. The molecule has 1 amide bonds. The average molecular weight is 298 g/mol. The zero-order chi connectivity index (χ0) is 14.9. The maximum atomic E-state index is 11.7. The summed E-state index contributed by atoms with van der Waals surface area (Å²) in [5.41, 5.74) is 0.0555. The number of nitrogens with one attached hydrogen (secondary N) is 1. The van der Waals surface area contributed by atoms with Gasteiger partial charge in [0.2, 0.25) is 0 Å². The number of nitrogens with zero attached hydrogens (tertiary/aromatic N) is 1. The van der Waals surface area contributed by atoms with Gasteiger partial charge in [-0.05, 0) is 45.1 Å². The molecule has 0 saturated heterocycles. The number of rotatable bonds is 3. The normalized spacial score (nSPS) is 15.6. The molecule has 1 aliphatic rings. The van der Waals surface area contributed by atoms with E-state index in [1.807, 2.05) is 0 Å². The van der Waals surface area contributed by atoms with Gasteiger partial charge in [-0.25, -0.2) is 9.59 Å². The van der Waals surface area contributed by atoms with E-state index in [4.69, 9.17) is 4.74 Å². The third kappa shape index (κ3) is 3.27. The molecule has 6 nitrogen and oxygen atoms in total. The van der Waals surface area contributed by atoms with Crippen LogP contribution in [0.5, 0.6) is 0 Å². The summed E-state index contributed by atoms with van der Waals surface area (Å²) in [6.45, 7) is 5.24. The number of carbonyl (C=O) groups is 2. The van der Waals surface area contributed by atoms with Gasteiger partial charge >= 0.3 is 12.1 Å². The fourth-order valence-electron chi connectivity index (χ4n) is 1.95. The highest BCUT2D eigenvalue weighted by Crippen LogP contribution is 2.40. The quantitative estimate of drug-likeness (QED) is 0.892. The SMILES string of the molecule is CC(C)(C)OC(=O)Nc1snc(C2CCC2)c1C(=O)O. The van der Waals surface area contributed by atoms with Gasteiger partial charge in [-0.2, -0.15) is 4.37 Å². The van der Waals surface area contributed by atoms with Crippen LogP contribution in [0, 0.1) is 0 Å². The second kappa shape index (κ2) is 5.40. The minimum Gasteiger partial charge on any atom is -0.478 e. The van der Waals surface area contributed by atoms with Crippen LogP contribution in [0.4, 0.5) is 9.80 Å². The number of aromatic carboxylic acids is 1. The molecule has 0 spiro atoms. The molecule has 0 radical (unpaired) electrons. The van der Waals surface area contributed by atoms with Crippen molar-refractivity contribution in [3.05, 3.63) is 11.3 Å². The van der Waals surface area contributed by atoms with Crippen LogP contribution < -0.4 is 5.32 Å². The fourth-order valence-corrected chi connectivity index (χ4v) is 2.79. The molecular formula is C13H18N2O4S. The van der Waals surface area contributed by atoms with Gasteiger partial charge in [-0.1, -0.05) is 6.42 Å². The van der Waals surface area contributed by atoms with E-state index in [0.29, 0.717) is 5.69 Å². The van der Waals surface area contributed by atoms with E-state index < -0.39 is 17.7 Å². The van der Waals surface area contributed by atoms with Crippen LogP contribution in [-0.2, 0) is 4.74 Å². The molecule has 0 aliphatic heterocycles. The summed E-state index contributed by atoms with van der Waals surface area (Å²) < 4.78 is 9.32. The summed E-state index contributed by atoms with van der Waals surface area (Å²) in [7, 11) is 0. The summed E-state index contributed by atoms with van der Waals surface area (Å²) in [5.74, 6) is -0.863. The number of anilines is 1. The van der Waals surface area contributed by atoms with Crippen molar-refractivity contribution in [3.8, 4) is 0 Å². The second-order valence-electron chi connectivity index (χ2n) is 5.83. The molecule has 1 heterocycles. The number of amides is 1. The zero-order valence-electron chi connectivity index (χ0n) is 11.7. The highest BCUT2D eigenvalue weighted by atomic mass is 32.1. The van der Waals surface area contributed by atoms with Crippen molar-refractivity contribution in [1.82, 2.24) is 4.37 Å². The molecule has 7 heteroatoms. The van der Waals surface area contributed by atoms with Crippen LogP contribution in [0.3, 0.4) is 0 Å². The number of hydrogen-bond acceptors (Lipinski definition) is 5. The molecular weight excluding hydrogens is 280 g/mol. The van der Waals surface area contributed by atoms with E-state index in [1.165, 1.54) is 0 Å². The monoisotopic (exact) mass is 298 g/mol. The van der Waals surface area contributed by atoms with Crippen molar-refractivity contribution in [2.45, 2.75) is 51.6 Å². The molecule has 1 fully saturated rings. The Morgan fingerprint density at radius 3 is 2.50 bits per heavy atom. The van der Waals surface area contributed by atoms with E-state index in [1.54, 1.807) is 20.8 Å². The molecule has 2 N–H and O–H groups in total. The smallest absolute Gasteiger partial charge is 0.412 e. The Kier molecular flexibility index (Phi) is 3.99. The number of carboxylic acid groups (broad SMARTS) is 1. The van der Waals surface area contributed by atoms with Crippen molar-refractivity contribution in [2.24, 2.45) is 0 Å². The molecule has 0 atom stereocenters. The van der Waals surface area contributed by atoms with E-state index in [9.17, 15) is 14.7 Å². The topological polar surface area (TPSA) is 88.5 Å². The Bertz CT molecular complexity index is 529. The number of ether oxygens (including phenoxy) is 1. The van der Waals surface area contributed by atoms with Crippen molar-refractivity contribution in [3.63, 3.8) is 0 Å². The van der Waals surface area contributed by atoms with Crippen molar-refractivity contribution in [1.29, 1.82) is 0 Å². The first-order chi connectivity index (χ1) is 9.28. The van der Waals surface area contributed by atoms with Crippen LogP contribution >= 0.6 is 11.5 Å². The Balaban J connectivity index is 2.17. The Morgan fingerprint density at radius 2 is 2.05 bits per heavy atom. The third-order valence-electron chi connectivity index (χ3n) is 3.04. The standard InChI is InChI=1S/C13H18N2O4S/c1-13(2,3)19-12(18)14-10-8(11(16)17)9(15-20-10)7-5-4-6-7/h7H,4-6H2,1-3H3,(H,14,18)(H,16,17). The number of hydrogen-bond donors (Lipinski definition) is 2. The lowest BCUT2D eigenvalue weighted by Gasteiger charge is -2.24. The first kappa shape index (κ1) is 14.8. The molecule has 1 aromatic rings. The second-order valence-corrected chi connectivity index (χ2v) is 6.61. The van der Waals surface area contributed by atoms with Gasteiger partial charge in [0.05, 0.1) is 5.69 Å². The summed E-state index contributed by atoms with van der Waals surface area (Å²) in [4.78, 5) is 23.1. The predicted octanol–water partition coefficient (Wildman–Crippen LogP) is 3.46. The first-order valence-corrected chi connectivity index (χ1v) is 7.28. The van der Waals surface area contributed by atoms with Gasteiger partial charge in [-0.3, -0.25) is 5.32 Å². The first-order valence-electron chi connectivity index (χ1n) is 6.51. The van der Waals surface area contributed by atoms with E-state index in [0.717, 1.165) is 30.8 Å². The van der Waals surface area contributed by atoms with Crippen molar-refractivity contribution < 1.29 is 19.4 Å². The maximum Gasteiger partial charge on any atom is 0.412 e. The summed E-state index contributed by atoms with van der Waals surface area (Å²) in [5, 5.41) is 12.1. The molecule has 1 saturated carbocycles. The van der Waals surface area contributed by atoms with E-state index >= 15 is 0 Å². The summed E-state index contributed by atoms with van der Waals surface area (Å²) in [6.07, 6.45) is 2.34. The maximum absolute atomic E-state index is 11.7. The van der Waals surface area contributed by atoms with Gasteiger partial charge < -0.3 is 9.84 Å². The van der Waals surface area contributed by atoms with Crippen LogP contribution in [0.1, 0.15) is 62.0 Å². The Hall–Kier alpha value is -1.63. The largest absolute Gasteiger partial charge is 0.478 e. The minimum absolute atomic E-state index is 0.102. The molecule has 0 bridgehead atoms. The van der Waals surface area contributed by atoms with Gasteiger partial charge in [-0.15, -0.1) is 0 Å². The molecule has 110 valence electrons. The number of carboxylic acids is 1. The average Bonchev–Trinajstić information content (AvgIpc) is 2.55. The van der Waals surface area contributed by atoms with Crippen LogP contribution in [-0.4, -0.2) is 27.1 Å². The lowest BCUT2D eigenvalue weighted by molar-refractivity contribution is 0.0636. The molecule has 0 unspecified atom stereocenters. The Morgan fingerprint density at radius 1 is 1.40 bits per heavy atom. The van der Waals surface area contributed by atoms with Crippen molar-refractivity contribution >= 4 is 28.6 Å². The lowest BCUT2D eigenvalue weighted by atomic mass is 9.81. The molecule has 2 rings (SSSR count). The highest BCUT2D eigenvalue weighted by Gasteiger charge is 2.31. The van der Waals surface area contributed by atoms with Crippen LogP contribution in [0.25, 0.3) is 0 Å². The van der Waals surface area contributed by atoms with Gasteiger partial charge in [0, 0.05) is 5.92 Å². The van der Waals surface area contributed by atoms with Crippen LogP contribution in [0.2, 0.25) is 0 Å². The lowest BCUT2D eigenvalue weighted by Crippen LogP contribution is -2.27. The minimum atomic E-state index is -1.06. The van der Waals surface area contributed by atoms with Gasteiger partial charge in [0.1, 0.15) is 16.2 Å². The summed E-state index contributed by atoms with van der Waals surface area (Å²) in [6, 6.07) is 0. The number of carbonyl (C=O) groups excluding carboxylic acids is 1. The van der Waals surface area contributed by atoms with Gasteiger partial charge in [0.25, 0.3) is 0 Å². The zero-order valence-corrected chi connectivity index (χ0v) is 12.5. The van der Waals surface area contributed by atoms with E-state index in [-0.39, 0.29) is 16.5 Å². The highest BCUT2D eigenvalue weighted by molar-refractivity contribution is 7.11. The number of aromatic nitrogens is 1. The molecule has 1 aromatic heterocycles. The molecule has 0 aromatic carbocycles.